The average molecular weight is 839 g/mol. The molecule has 330 valence electrons. The van der Waals surface area contributed by atoms with E-state index >= 15 is 0 Å². The second kappa shape index (κ2) is 18.8. The third kappa shape index (κ3) is 12.6. The molecule has 0 amide bonds. The maximum atomic E-state index is 13.9. The molecular formula is C47H66N2O11. The van der Waals surface area contributed by atoms with Crippen molar-refractivity contribution in [1.82, 2.24) is 10.2 Å². The van der Waals surface area contributed by atoms with Crippen molar-refractivity contribution in [2.24, 2.45) is 21.7 Å². The molecule has 0 saturated carbocycles. The van der Waals surface area contributed by atoms with Gasteiger partial charge in [-0.1, -0.05) is 50.2 Å². The number of H-pyrrole nitrogens is 1. The van der Waals surface area contributed by atoms with Crippen LogP contribution in [0.2, 0.25) is 0 Å². The number of aromatic nitrogens is 2. The van der Waals surface area contributed by atoms with E-state index in [2.05, 4.69) is 10.2 Å². The first kappa shape index (κ1) is 41.8. The number of hydrogen-bond acceptors (Lipinski definition) is 12. The summed E-state index contributed by atoms with van der Waals surface area (Å²) in [7, 11) is 0. The minimum atomic E-state index is -1.71. The lowest BCUT2D eigenvalue weighted by molar-refractivity contribution is -0.294. The molecule has 1 aromatic heterocycles. The van der Waals surface area contributed by atoms with Crippen molar-refractivity contribution in [3.63, 3.8) is 0 Å². The number of nitrogens with one attached hydrogen (secondary N) is 1. The predicted molar refractivity (Wildman–Crippen MR) is 225 cm³/mol. The van der Waals surface area contributed by atoms with E-state index in [-0.39, 0.29) is 18.7 Å². The van der Waals surface area contributed by atoms with E-state index in [1.807, 2.05) is 69.3 Å². The summed E-state index contributed by atoms with van der Waals surface area (Å²) in [6.45, 7) is 16.2. The Morgan fingerprint density at radius 3 is 1.87 bits per heavy atom. The van der Waals surface area contributed by atoms with Gasteiger partial charge in [-0.2, -0.15) is 0 Å². The molecule has 1 aliphatic heterocycles. The fraction of sp³-hybridized carbons (Fsp3) is 0.596. The Bertz CT molecular complexity index is 2070. The van der Waals surface area contributed by atoms with Crippen molar-refractivity contribution in [1.29, 1.82) is 0 Å². The summed E-state index contributed by atoms with van der Waals surface area (Å²) in [5.41, 5.74) is -1.18. The first-order valence-corrected chi connectivity index (χ1v) is 20.0. The van der Waals surface area contributed by atoms with Crippen molar-refractivity contribution in [2.45, 2.75) is 153 Å². The topological polar surface area (TPSA) is 162 Å². The number of aryl methyl sites for hydroxylation is 1. The molecule has 1 fully saturated rings. The van der Waals surface area contributed by atoms with E-state index in [0.29, 0.717) is 24.3 Å². The van der Waals surface area contributed by atoms with E-state index in [1.54, 1.807) is 0 Å². The van der Waals surface area contributed by atoms with Crippen LogP contribution in [0.15, 0.2) is 48.5 Å². The average Bonchev–Trinajstić information content (AvgIpc) is 3.66. The van der Waals surface area contributed by atoms with Gasteiger partial charge < -0.3 is 33.2 Å². The lowest BCUT2D eigenvalue weighted by Gasteiger charge is -2.45. The van der Waals surface area contributed by atoms with Gasteiger partial charge in [0.1, 0.15) is 25.1 Å². The van der Waals surface area contributed by atoms with Crippen LogP contribution >= 0.6 is 0 Å². The maximum absolute atomic E-state index is 13.9. The van der Waals surface area contributed by atoms with Crippen molar-refractivity contribution >= 4 is 23.9 Å². The van der Waals surface area contributed by atoms with Crippen molar-refractivity contribution in [2.75, 3.05) is 6.61 Å². The number of carbonyl (C=O) groups is 4. The molecule has 4 rings (SSSR count). The van der Waals surface area contributed by atoms with Gasteiger partial charge in [0.15, 0.2) is 12.2 Å². The van der Waals surface area contributed by atoms with Crippen LogP contribution < -0.4 is 9.47 Å². The maximum Gasteiger partial charge on any atom is 0.311 e. The number of ether oxygens (including phenoxy) is 7. The van der Waals surface area contributed by atoms with Gasteiger partial charge in [-0.05, 0) is 125 Å². The summed E-state index contributed by atoms with van der Waals surface area (Å²) in [5, 5.41) is 7.62. The van der Waals surface area contributed by atoms with Crippen molar-refractivity contribution in [3.05, 3.63) is 76.5 Å². The van der Waals surface area contributed by atoms with Gasteiger partial charge in [-0.3, -0.25) is 24.3 Å². The van der Waals surface area contributed by atoms with E-state index in [0.717, 1.165) is 22.4 Å². The first-order valence-electron chi connectivity index (χ1n) is 22.9. The minimum absolute atomic E-state index is 0.0479. The number of carbonyl (C=O) groups excluding carboxylic acids is 4. The quantitative estimate of drug-likeness (QED) is 0.129. The van der Waals surface area contributed by atoms with Crippen LogP contribution in [0, 0.1) is 28.6 Å². The zero-order chi connectivity index (χ0) is 47.8. The van der Waals surface area contributed by atoms with Crippen LogP contribution in [0.4, 0.5) is 0 Å². The molecule has 1 aliphatic rings. The molecule has 3 aromatic rings. The van der Waals surface area contributed by atoms with E-state index in [9.17, 15) is 19.2 Å². The van der Waals surface area contributed by atoms with Crippen LogP contribution in [0.5, 0.6) is 11.6 Å². The molecule has 1 unspecified atom stereocenters. The smallest absolute Gasteiger partial charge is 0.311 e. The highest BCUT2D eigenvalue weighted by atomic mass is 16.7. The zero-order valence-corrected chi connectivity index (χ0v) is 37.0. The standard InChI is InChI=1S/C47H66N2O11/c1-27(2)34-32(24-30-21-22-31(23-28(30)3)54-25-29-19-17-16-18-20-29)38(49-48-34)60-39-37(59-43(53)47(13,14)15)36(58-42(52)46(10,11)12)35(57-41(51)45(7,8)9)33(56-39)26-55-40(50)44(4,5)6/h16-23,27,33,35-37,39H,24-26H2,1-15H3,(H,48,49)/t33-,35-,36+,37-,39?/m1/s1/i4D,7D,10D,13D. The summed E-state index contributed by atoms with van der Waals surface area (Å²) in [6, 6.07) is 15.6. The van der Waals surface area contributed by atoms with Crippen LogP contribution in [0.25, 0.3) is 0 Å². The Morgan fingerprint density at radius 2 is 1.32 bits per heavy atom. The molecule has 60 heavy (non-hydrogen) atoms. The van der Waals surface area contributed by atoms with Crippen molar-refractivity contribution in [3.8, 4) is 11.6 Å². The molecule has 0 aliphatic carbocycles. The van der Waals surface area contributed by atoms with E-state index in [1.165, 1.54) is 55.4 Å². The molecule has 1 N–H and O–H groups in total. The lowest BCUT2D eigenvalue weighted by Crippen LogP contribution is -2.65. The Labute approximate surface area is 361 Å². The first-order chi connectivity index (χ1) is 29.9. The number of esters is 4. The summed E-state index contributed by atoms with van der Waals surface area (Å²) in [5.74, 6) is -2.80. The largest absolute Gasteiger partial charge is 0.489 e. The summed E-state index contributed by atoms with van der Waals surface area (Å²) in [6.07, 6.45) is -7.86. The van der Waals surface area contributed by atoms with Gasteiger partial charge in [0, 0.05) is 23.2 Å². The van der Waals surface area contributed by atoms with Gasteiger partial charge in [0.05, 0.1) is 21.7 Å². The number of rotatable bonds is 13. The Balaban J connectivity index is 1.86. The predicted octanol–water partition coefficient (Wildman–Crippen LogP) is 8.58. The van der Waals surface area contributed by atoms with Crippen LogP contribution in [0.3, 0.4) is 0 Å². The number of nitrogens with zero attached hydrogens (tertiary/aromatic N) is 1. The molecule has 0 bridgehead atoms. The molecule has 2 aromatic carbocycles. The molecule has 2 heterocycles. The molecule has 0 radical (unpaired) electrons. The van der Waals surface area contributed by atoms with Gasteiger partial charge in [-0.25, -0.2) is 0 Å². The van der Waals surface area contributed by atoms with Gasteiger partial charge in [0.25, 0.3) is 0 Å². The molecule has 1 saturated heterocycles. The number of benzene rings is 2. The SMILES string of the molecule is [2H]CC(C)(C)C(=O)OC[C@H]1OC(Oc2n[nH]c(C(C)C)c2Cc2ccc(OCc3ccccc3)cc2C)[C@H](OC(=O)C(C)(C)C[2H])[C@@H](OC(=O)C(C)(C)C[2H])[C@@H]1OC(=O)C(C)(C)C[2H]. The number of hydrogen-bond donors (Lipinski definition) is 1. The third-order valence-electron chi connectivity index (χ3n) is 9.51. The third-order valence-corrected chi connectivity index (χ3v) is 9.51. The van der Waals surface area contributed by atoms with Crippen LogP contribution in [-0.4, -0.2) is 71.4 Å². The highest BCUT2D eigenvalue weighted by Crippen LogP contribution is 2.37. The molecule has 0 spiro atoms. The zero-order valence-electron chi connectivity index (χ0n) is 41.0. The molecule has 5 atom stereocenters. The Morgan fingerprint density at radius 1 is 0.767 bits per heavy atom. The van der Waals surface area contributed by atoms with Gasteiger partial charge >= 0.3 is 23.9 Å². The van der Waals surface area contributed by atoms with Gasteiger partial charge in [0.2, 0.25) is 18.3 Å². The van der Waals surface area contributed by atoms with Gasteiger partial charge in [-0.15, -0.1) is 5.10 Å². The lowest BCUT2D eigenvalue weighted by atomic mass is 9.93. The fourth-order valence-corrected chi connectivity index (χ4v) is 5.82. The highest BCUT2D eigenvalue weighted by Gasteiger charge is 2.56. The Hall–Kier alpha value is -4.91. The summed E-state index contributed by atoms with van der Waals surface area (Å²) < 4.78 is 75.3. The Kier molecular flexibility index (Phi) is 13.1. The fourth-order valence-electron chi connectivity index (χ4n) is 5.82. The second-order valence-electron chi connectivity index (χ2n) is 18.5. The highest BCUT2D eigenvalue weighted by molar-refractivity contribution is 5.78. The second-order valence-corrected chi connectivity index (χ2v) is 18.5. The summed E-state index contributed by atoms with van der Waals surface area (Å²) in [4.78, 5) is 55.0. The molecule has 13 heteroatoms. The van der Waals surface area contributed by atoms with Crippen molar-refractivity contribution < 1.29 is 57.8 Å². The molecule has 13 nitrogen and oxygen atoms in total. The van der Waals surface area contributed by atoms with E-state index in [4.69, 9.17) is 38.6 Å². The van der Waals surface area contributed by atoms with E-state index < -0.39 is 104 Å². The van der Waals surface area contributed by atoms with Crippen LogP contribution in [0.1, 0.15) is 136 Å². The summed E-state index contributed by atoms with van der Waals surface area (Å²) >= 11 is 0. The monoisotopic (exact) mass is 838 g/mol. The normalized spacial score (nSPS) is 20.8. The molecular weight excluding hydrogens is 769 g/mol. The number of aromatic amines is 1. The minimum Gasteiger partial charge on any atom is -0.489 e. The van der Waals surface area contributed by atoms with Crippen LogP contribution in [-0.2, 0) is 55.9 Å².